The molecule has 4 aliphatic rings. The zero-order valence-electron chi connectivity index (χ0n) is 15.8. The van der Waals surface area contributed by atoms with Gasteiger partial charge in [0.05, 0.1) is 12.7 Å². The maximum atomic E-state index is 11.4. The van der Waals surface area contributed by atoms with Crippen LogP contribution >= 0.6 is 0 Å². The van der Waals surface area contributed by atoms with E-state index in [1.807, 2.05) is 0 Å². The molecule has 2 saturated carbocycles. The molecule has 0 aromatic heterocycles. The molecule has 26 heavy (non-hydrogen) atoms. The molecule has 3 fully saturated rings. The molecule has 2 heterocycles. The average molecular weight is 366 g/mol. The predicted octanol–water partition coefficient (Wildman–Crippen LogP) is 1.52. The number of rotatable bonds is 3. The first-order valence-corrected chi connectivity index (χ1v) is 9.73. The average Bonchev–Trinajstić information content (AvgIpc) is 3.33. The van der Waals surface area contributed by atoms with E-state index in [0.29, 0.717) is 30.9 Å². The minimum atomic E-state index is -1.13. The van der Waals surface area contributed by atoms with Gasteiger partial charge in [-0.3, -0.25) is 0 Å². The van der Waals surface area contributed by atoms with Crippen molar-refractivity contribution in [2.45, 2.75) is 77.0 Å². The van der Waals surface area contributed by atoms with Gasteiger partial charge in [-0.25, -0.2) is 4.79 Å². The Balaban J connectivity index is 1.62. The molecule has 6 heteroatoms. The summed E-state index contributed by atoms with van der Waals surface area (Å²) in [5.41, 5.74) is -0.257. The molecule has 8 atom stereocenters. The van der Waals surface area contributed by atoms with Crippen LogP contribution in [-0.4, -0.2) is 52.0 Å². The van der Waals surface area contributed by atoms with Gasteiger partial charge < -0.3 is 24.8 Å². The van der Waals surface area contributed by atoms with Crippen LogP contribution in [0.25, 0.3) is 0 Å². The van der Waals surface area contributed by atoms with Gasteiger partial charge in [0.15, 0.2) is 0 Å². The summed E-state index contributed by atoms with van der Waals surface area (Å²) in [6.07, 6.45) is 2.62. The minimum Gasteiger partial charge on any atom is -0.429 e. The van der Waals surface area contributed by atoms with Crippen molar-refractivity contribution < 1.29 is 29.6 Å². The van der Waals surface area contributed by atoms with Crippen molar-refractivity contribution in [1.29, 1.82) is 0 Å². The van der Waals surface area contributed by atoms with Crippen LogP contribution < -0.4 is 0 Å². The summed E-state index contributed by atoms with van der Waals surface area (Å²) >= 11 is 0. The van der Waals surface area contributed by atoms with E-state index in [1.165, 1.54) is 6.08 Å². The fourth-order valence-electron chi connectivity index (χ4n) is 6.20. The molecule has 3 N–H and O–H groups in total. The van der Waals surface area contributed by atoms with E-state index in [1.54, 1.807) is 0 Å². The van der Waals surface area contributed by atoms with Gasteiger partial charge in [0, 0.05) is 17.1 Å². The summed E-state index contributed by atoms with van der Waals surface area (Å²) in [6.45, 7) is 7.22. The molecule has 2 aliphatic heterocycles. The standard InChI is InChI=1S/C20H30O6/c1-11-4-7-19(3)14(9-13(21)16(23)20(19)10-25-20)18(11,2)6-5-12-8-15(22)26-17(12)24/h8,11,13-14,16-17,21,23-24H,4-7,9-10H2,1-3H3/t11-,13+,14-,16+,17-,18-,19+,20-/m0/s1. The lowest BCUT2D eigenvalue weighted by Crippen LogP contribution is -2.65. The lowest BCUT2D eigenvalue weighted by molar-refractivity contribution is -0.197. The number of carbonyl (C=O) groups excluding carboxylic acids is 1. The number of cyclic esters (lactones) is 1. The number of fused-ring (bicyclic) bond motifs is 2. The maximum absolute atomic E-state index is 11.4. The monoisotopic (exact) mass is 366 g/mol. The van der Waals surface area contributed by atoms with Crippen LogP contribution in [-0.2, 0) is 14.3 Å². The van der Waals surface area contributed by atoms with E-state index in [2.05, 4.69) is 20.8 Å². The summed E-state index contributed by atoms with van der Waals surface area (Å²) in [7, 11) is 0. The molecule has 1 saturated heterocycles. The van der Waals surface area contributed by atoms with Gasteiger partial charge in [-0.15, -0.1) is 0 Å². The second-order valence-electron chi connectivity index (χ2n) is 9.35. The molecule has 0 amide bonds. The van der Waals surface area contributed by atoms with Crippen molar-refractivity contribution in [2.75, 3.05) is 6.61 Å². The van der Waals surface area contributed by atoms with Crippen molar-refractivity contribution in [3.8, 4) is 0 Å². The number of aliphatic hydroxyl groups excluding tert-OH is 3. The third-order valence-corrected chi connectivity index (χ3v) is 8.33. The van der Waals surface area contributed by atoms with E-state index in [-0.39, 0.29) is 16.7 Å². The Labute approximate surface area is 154 Å². The van der Waals surface area contributed by atoms with Crippen molar-refractivity contribution in [3.63, 3.8) is 0 Å². The zero-order valence-corrected chi connectivity index (χ0v) is 15.8. The third kappa shape index (κ3) is 2.35. The Hall–Kier alpha value is -0.950. The van der Waals surface area contributed by atoms with E-state index >= 15 is 0 Å². The number of esters is 1. The van der Waals surface area contributed by atoms with E-state index in [9.17, 15) is 20.1 Å². The molecule has 4 rings (SSSR count). The van der Waals surface area contributed by atoms with Crippen molar-refractivity contribution in [2.24, 2.45) is 22.7 Å². The summed E-state index contributed by atoms with van der Waals surface area (Å²) in [5.74, 6) is 0.158. The Morgan fingerprint density at radius 2 is 1.96 bits per heavy atom. The van der Waals surface area contributed by atoms with E-state index < -0.39 is 30.1 Å². The van der Waals surface area contributed by atoms with Gasteiger partial charge in [-0.2, -0.15) is 0 Å². The van der Waals surface area contributed by atoms with Crippen LogP contribution in [0.4, 0.5) is 0 Å². The first-order chi connectivity index (χ1) is 12.1. The summed E-state index contributed by atoms with van der Waals surface area (Å²) in [6, 6.07) is 0. The van der Waals surface area contributed by atoms with Gasteiger partial charge in [0.25, 0.3) is 0 Å². The van der Waals surface area contributed by atoms with Crippen LogP contribution in [0.5, 0.6) is 0 Å². The first-order valence-electron chi connectivity index (χ1n) is 9.73. The van der Waals surface area contributed by atoms with Gasteiger partial charge in [-0.1, -0.05) is 20.8 Å². The Morgan fingerprint density at radius 1 is 1.27 bits per heavy atom. The number of aliphatic hydroxyl groups is 3. The van der Waals surface area contributed by atoms with Gasteiger partial charge in [0.2, 0.25) is 6.29 Å². The predicted molar refractivity (Wildman–Crippen MR) is 92.8 cm³/mol. The molecule has 2 aliphatic carbocycles. The third-order valence-electron chi connectivity index (χ3n) is 8.33. The molecule has 0 radical (unpaired) electrons. The van der Waals surface area contributed by atoms with Gasteiger partial charge in [0.1, 0.15) is 11.7 Å². The van der Waals surface area contributed by atoms with Crippen LogP contribution in [0.2, 0.25) is 0 Å². The molecular formula is C20H30O6. The number of hydrogen-bond donors (Lipinski definition) is 3. The topological polar surface area (TPSA) is 99.5 Å². The Kier molecular flexibility index (Phi) is 4.09. The number of ether oxygens (including phenoxy) is 2. The molecule has 0 unspecified atom stereocenters. The lowest BCUT2D eigenvalue weighted by Gasteiger charge is -2.61. The first kappa shape index (κ1) is 18.4. The highest BCUT2D eigenvalue weighted by atomic mass is 16.6. The highest BCUT2D eigenvalue weighted by Gasteiger charge is 2.73. The van der Waals surface area contributed by atoms with Gasteiger partial charge in [-0.05, 0) is 49.4 Å². The fourth-order valence-corrected chi connectivity index (χ4v) is 6.20. The summed E-state index contributed by atoms with van der Waals surface area (Å²) < 4.78 is 10.6. The maximum Gasteiger partial charge on any atom is 0.333 e. The van der Waals surface area contributed by atoms with Crippen LogP contribution in [0.1, 0.15) is 52.9 Å². The fraction of sp³-hybridized carbons (Fsp3) is 0.850. The van der Waals surface area contributed by atoms with Crippen molar-refractivity contribution >= 4 is 5.97 Å². The largest absolute Gasteiger partial charge is 0.429 e. The number of hydrogen-bond acceptors (Lipinski definition) is 6. The van der Waals surface area contributed by atoms with Crippen molar-refractivity contribution in [1.82, 2.24) is 0 Å². The number of epoxide rings is 1. The quantitative estimate of drug-likeness (QED) is 0.517. The molecule has 0 aromatic carbocycles. The molecule has 0 aromatic rings. The normalized spacial score (nSPS) is 53.2. The zero-order chi connectivity index (χ0) is 18.9. The van der Waals surface area contributed by atoms with Gasteiger partial charge >= 0.3 is 5.97 Å². The van der Waals surface area contributed by atoms with Crippen LogP contribution in [0, 0.1) is 22.7 Å². The lowest BCUT2D eigenvalue weighted by atomic mass is 9.43. The highest BCUT2D eigenvalue weighted by molar-refractivity contribution is 5.85. The second kappa shape index (κ2) is 5.77. The van der Waals surface area contributed by atoms with Crippen LogP contribution in [0.15, 0.2) is 11.6 Å². The Bertz CT molecular complexity index is 640. The smallest absolute Gasteiger partial charge is 0.333 e. The molecule has 0 bridgehead atoms. The SMILES string of the molecule is C[C@H]1CC[C@]2(C)[C@@H](C[C@@H](O)[C@@H](O)[C@@]23CO3)[C@@]1(C)CCC1=CC(=O)O[C@@H]1O. The van der Waals surface area contributed by atoms with Crippen LogP contribution in [0.3, 0.4) is 0 Å². The molecular weight excluding hydrogens is 336 g/mol. The van der Waals surface area contributed by atoms with E-state index in [4.69, 9.17) is 9.47 Å². The summed E-state index contributed by atoms with van der Waals surface area (Å²) in [5, 5.41) is 31.0. The highest BCUT2D eigenvalue weighted by Crippen LogP contribution is 2.68. The minimum absolute atomic E-state index is 0.0841. The number of carbonyl (C=O) groups is 1. The Morgan fingerprint density at radius 3 is 2.54 bits per heavy atom. The van der Waals surface area contributed by atoms with Crippen molar-refractivity contribution in [3.05, 3.63) is 11.6 Å². The summed E-state index contributed by atoms with van der Waals surface area (Å²) in [4.78, 5) is 11.4. The molecule has 1 spiro atoms. The second-order valence-corrected chi connectivity index (χ2v) is 9.35. The molecule has 146 valence electrons. The molecule has 6 nitrogen and oxygen atoms in total. The van der Waals surface area contributed by atoms with E-state index in [0.717, 1.165) is 19.3 Å².